The molecule has 0 fully saturated rings. The molecule has 0 saturated heterocycles. The van der Waals surface area contributed by atoms with E-state index in [-0.39, 0.29) is 0 Å². The molecule has 0 spiro atoms. The molecule has 0 unspecified atom stereocenters. The minimum atomic E-state index is 0.429. The van der Waals surface area contributed by atoms with E-state index in [1.54, 1.807) is 0 Å². The summed E-state index contributed by atoms with van der Waals surface area (Å²) >= 11 is 0. The molecule has 2 heterocycles. The van der Waals surface area contributed by atoms with Crippen LogP contribution in [0.4, 0.5) is 0 Å². The van der Waals surface area contributed by atoms with Gasteiger partial charge in [0.15, 0.2) is 0 Å². The Labute approximate surface area is 148 Å². The van der Waals surface area contributed by atoms with Crippen molar-refractivity contribution in [3.05, 3.63) is 65.9 Å². The Morgan fingerprint density at radius 1 is 0.920 bits per heavy atom. The van der Waals surface area contributed by atoms with Gasteiger partial charge in [0.05, 0.1) is 5.69 Å². The van der Waals surface area contributed by atoms with Gasteiger partial charge in [-0.05, 0) is 35.6 Å². The summed E-state index contributed by atoms with van der Waals surface area (Å²) in [6, 6.07) is 17.0. The van der Waals surface area contributed by atoms with Crippen LogP contribution in [0.15, 0.2) is 59.1 Å². The molecule has 0 atom stereocenters. The minimum Gasteiger partial charge on any atom is -0.455 e. The fourth-order valence-electron chi connectivity index (χ4n) is 3.64. The number of benzene rings is 2. The zero-order valence-electron chi connectivity index (χ0n) is 15.0. The highest BCUT2D eigenvalue weighted by atomic mass is 16.3. The van der Waals surface area contributed by atoms with Crippen molar-refractivity contribution in [3.8, 4) is 11.3 Å². The van der Waals surface area contributed by atoms with Gasteiger partial charge < -0.3 is 4.42 Å². The van der Waals surface area contributed by atoms with Crippen molar-refractivity contribution in [1.29, 1.82) is 0 Å². The minimum absolute atomic E-state index is 0.429. The number of furan rings is 1. The maximum Gasteiger partial charge on any atom is 0.144 e. The number of pyridine rings is 1. The second-order valence-electron chi connectivity index (χ2n) is 6.92. The lowest BCUT2D eigenvalue weighted by Crippen LogP contribution is -1.92. The molecule has 0 aliphatic rings. The summed E-state index contributed by atoms with van der Waals surface area (Å²) in [5.41, 5.74) is 6.62. The highest BCUT2D eigenvalue weighted by Crippen LogP contribution is 2.38. The van der Waals surface area contributed by atoms with Crippen molar-refractivity contribution in [2.45, 2.75) is 39.5 Å². The Morgan fingerprint density at radius 3 is 2.44 bits per heavy atom. The molecule has 126 valence electrons. The van der Waals surface area contributed by atoms with Gasteiger partial charge in [-0.2, -0.15) is 0 Å². The zero-order valence-corrected chi connectivity index (χ0v) is 15.0. The standard InChI is InChI=1S/C23H23NO/c1-4-8-16-9-7-14-24-21(16)20-13-6-12-19-18-11-5-10-17(15(2)3)22(18)25-23(19)20/h5-7,9-15H,4,8H2,1-3H3. The molecule has 2 aromatic heterocycles. The molecule has 0 aliphatic carbocycles. The first kappa shape index (κ1) is 15.9. The van der Waals surface area contributed by atoms with E-state index < -0.39 is 0 Å². The summed E-state index contributed by atoms with van der Waals surface area (Å²) in [6.07, 6.45) is 4.00. The largest absolute Gasteiger partial charge is 0.455 e. The van der Waals surface area contributed by atoms with Gasteiger partial charge in [0, 0.05) is 22.5 Å². The van der Waals surface area contributed by atoms with Crippen LogP contribution in [-0.4, -0.2) is 4.98 Å². The van der Waals surface area contributed by atoms with Crippen molar-refractivity contribution in [2.24, 2.45) is 0 Å². The van der Waals surface area contributed by atoms with E-state index >= 15 is 0 Å². The lowest BCUT2D eigenvalue weighted by molar-refractivity contribution is 0.657. The van der Waals surface area contributed by atoms with Crippen molar-refractivity contribution in [2.75, 3.05) is 0 Å². The Kier molecular flexibility index (Phi) is 4.04. The number of hydrogen-bond acceptors (Lipinski definition) is 2. The lowest BCUT2D eigenvalue weighted by atomic mass is 9.98. The van der Waals surface area contributed by atoms with Crippen LogP contribution in [0.3, 0.4) is 0 Å². The van der Waals surface area contributed by atoms with E-state index in [1.807, 2.05) is 12.3 Å². The van der Waals surface area contributed by atoms with Crippen molar-refractivity contribution < 1.29 is 4.42 Å². The van der Waals surface area contributed by atoms with Gasteiger partial charge in [0.2, 0.25) is 0 Å². The predicted octanol–water partition coefficient (Wildman–Crippen LogP) is 6.72. The third-order valence-electron chi connectivity index (χ3n) is 4.84. The molecule has 0 amide bonds. The number of rotatable bonds is 4. The third-order valence-corrected chi connectivity index (χ3v) is 4.84. The number of fused-ring (bicyclic) bond motifs is 3. The fraction of sp³-hybridized carbons (Fsp3) is 0.261. The van der Waals surface area contributed by atoms with Crippen molar-refractivity contribution in [3.63, 3.8) is 0 Å². The van der Waals surface area contributed by atoms with Crippen LogP contribution in [0.2, 0.25) is 0 Å². The fourth-order valence-corrected chi connectivity index (χ4v) is 3.64. The van der Waals surface area contributed by atoms with Crippen LogP contribution >= 0.6 is 0 Å². The second kappa shape index (κ2) is 6.36. The van der Waals surface area contributed by atoms with Crippen molar-refractivity contribution in [1.82, 2.24) is 4.98 Å². The van der Waals surface area contributed by atoms with Crippen molar-refractivity contribution >= 4 is 21.9 Å². The van der Waals surface area contributed by atoms with E-state index in [2.05, 4.69) is 68.2 Å². The molecule has 25 heavy (non-hydrogen) atoms. The van der Waals surface area contributed by atoms with Gasteiger partial charge in [-0.25, -0.2) is 0 Å². The normalized spacial score (nSPS) is 11.7. The highest BCUT2D eigenvalue weighted by Gasteiger charge is 2.17. The SMILES string of the molecule is CCCc1cccnc1-c1cccc2c1oc1c(C(C)C)cccc12. The molecule has 0 aliphatic heterocycles. The first-order valence-electron chi connectivity index (χ1n) is 9.09. The summed E-state index contributed by atoms with van der Waals surface area (Å²) in [5.74, 6) is 0.429. The van der Waals surface area contributed by atoms with Crippen LogP contribution in [0.25, 0.3) is 33.2 Å². The molecule has 0 N–H and O–H groups in total. The lowest BCUT2D eigenvalue weighted by Gasteiger charge is -2.08. The first-order chi connectivity index (χ1) is 12.2. The molecule has 0 saturated carbocycles. The van der Waals surface area contributed by atoms with Gasteiger partial charge in [-0.1, -0.05) is 63.6 Å². The van der Waals surface area contributed by atoms with Gasteiger partial charge in [-0.15, -0.1) is 0 Å². The Balaban J connectivity index is 2.04. The van der Waals surface area contributed by atoms with Gasteiger partial charge >= 0.3 is 0 Å². The van der Waals surface area contributed by atoms with Crippen LogP contribution in [-0.2, 0) is 6.42 Å². The third kappa shape index (κ3) is 2.62. The second-order valence-corrected chi connectivity index (χ2v) is 6.92. The van der Waals surface area contributed by atoms with Gasteiger partial charge in [-0.3, -0.25) is 4.98 Å². The van der Waals surface area contributed by atoms with E-state index in [4.69, 9.17) is 4.42 Å². The average molecular weight is 329 g/mol. The average Bonchev–Trinajstić information content (AvgIpc) is 3.01. The summed E-state index contributed by atoms with van der Waals surface area (Å²) in [6.45, 7) is 6.62. The summed E-state index contributed by atoms with van der Waals surface area (Å²) < 4.78 is 6.42. The Hall–Kier alpha value is -2.61. The van der Waals surface area contributed by atoms with Crippen LogP contribution < -0.4 is 0 Å². The van der Waals surface area contributed by atoms with Crippen LogP contribution in [0.1, 0.15) is 44.2 Å². The number of para-hydroxylation sites is 2. The molecular formula is C23H23NO. The monoisotopic (exact) mass is 329 g/mol. The Bertz CT molecular complexity index is 1040. The number of aryl methyl sites for hydroxylation is 1. The zero-order chi connectivity index (χ0) is 17.4. The van der Waals surface area contributed by atoms with E-state index in [0.717, 1.165) is 35.3 Å². The van der Waals surface area contributed by atoms with E-state index in [1.165, 1.54) is 21.9 Å². The first-order valence-corrected chi connectivity index (χ1v) is 9.09. The summed E-state index contributed by atoms with van der Waals surface area (Å²) in [7, 11) is 0. The molecular weight excluding hydrogens is 306 g/mol. The maximum absolute atomic E-state index is 6.42. The van der Waals surface area contributed by atoms with E-state index in [0.29, 0.717) is 5.92 Å². The number of hydrogen-bond donors (Lipinski definition) is 0. The van der Waals surface area contributed by atoms with E-state index in [9.17, 15) is 0 Å². The molecule has 2 aromatic carbocycles. The summed E-state index contributed by atoms with van der Waals surface area (Å²) in [5, 5.41) is 2.36. The molecule has 0 bridgehead atoms. The highest BCUT2D eigenvalue weighted by molar-refractivity contribution is 6.10. The molecule has 2 heteroatoms. The molecule has 4 aromatic rings. The predicted molar refractivity (Wildman–Crippen MR) is 105 cm³/mol. The topological polar surface area (TPSA) is 26.0 Å². The number of aromatic nitrogens is 1. The Morgan fingerprint density at radius 2 is 1.68 bits per heavy atom. The maximum atomic E-state index is 6.42. The molecule has 0 radical (unpaired) electrons. The van der Waals surface area contributed by atoms with Gasteiger partial charge in [0.1, 0.15) is 11.2 Å². The molecule has 2 nitrogen and oxygen atoms in total. The van der Waals surface area contributed by atoms with Crippen LogP contribution in [0, 0.1) is 0 Å². The number of nitrogens with zero attached hydrogens (tertiary/aromatic N) is 1. The quantitative estimate of drug-likeness (QED) is 0.415. The summed E-state index contributed by atoms with van der Waals surface area (Å²) in [4.78, 5) is 4.69. The molecule has 4 rings (SSSR count). The van der Waals surface area contributed by atoms with Crippen LogP contribution in [0.5, 0.6) is 0 Å². The smallest absolute Gasteiger partial charge is 0.144 e. The van der Waals surface area contributed by atoms with Gasteiger partial charge in [0.25, 0.3) is 0 Å².